The fourth-order valence-electron chi connectivity index (χ4n) is 4.93. The Hall–Kier alpha value is -4.19. The van der Waals surface area contributed by atoms with Gasteiger partial charge in [0, 0.05) is 6.54 Å². The van der Waals surface area contributed by atoms with Crippen LogP contribution in [-0.2, 0) is 11.3 Å². The fourth-order valence-corrected chi connectivity index (χ4v) is 4.93. The molecule has 12 nitrogen and oxygen atoms in total. The summed E-state index contributed by atoms with van der Waals surface area (Å²) in [6, 6.07) is 4.65. The van der Waals surface area contributed by atoms with Crippen molar-refractivity contribution in [3.63, 3.8) is 0 Å². The Morgan fingerprint density at radius 1 is 0.775 bits per heavy atom. The van der Waals surface area contributed by atoms with Crippen molar-refractivity contribution in [2.75, 3.05) is 62.3 Å². The van der Waals surface area contributed by atoms with E-state index < -0.39 is 12.1 Å². The second kappa shape index (κ2) is 12.8. The highest BCUT2D eigenvalue weighted by Gasteiger charge is 2.26. The zero-order valence-corrected chi connectivity index (χ0v) is 23.6. The van der Waals surface area contributed by atoms with Crippen molar-refractivity contribution in [1.29, 1.82) is 0 Å². The third-order valence-electron chi connectivity index (χ3n) is 6.87. The van der Waals surface area contributed by atoms with Crippen LogP contribution in [0.2, 0.25) is 0 Å². The Bertz CT molecular complexity index is 1390. The molecule has 0 N–H and O–H groups in total. The number of nitrogens with zero attached hydrogens (tertiary/aromatic N) is 3. The van der Waals surface area contributed by atoms with Gasteiger partial charge in [0.25, 0.3) is 5.56 Å². The molecule has 1 aromatic heterocycles. The summed E-state index contributed by atoms with van der Waals surface area (Å²) in [5, 5.41) is 5.19. The molecule has 12 heteroatoms. The van der Waals surface area contributed by atoms with E-state index in [4.69, 9.17) is 33.2 Å². The van der Waals surface area contributed by atoms with E-state index in [1.54, 1.807) is 6.07 Å². The van der Waals surface area contributed by atoms with Gasteiger partial charge in [-0.1, -0.05) is 0 Å². The molecular weight excluding hydrogens is 522 g/mol. The molecule has 1 aliphatic rings. The molecule has 0 radical (unpaired) electrons. The van der Waals surface area contributed by atoms with Gasteiger partial charge in [0.1, 0.15) is 6.10 Å². The van der Waals surface area contributed by atoms with Gasteiger partial charge in [-0.05, 0) is 44.1 Å². The lowest BCUT2D eigenvalue weighted by Crippen LogP contribution is -2.39. The molecule has 40 heavy (non-hydrogen) atoms. The van der Waals surface area contributed by atoms with Crippen LogP contribution < -0.4 is 34.0 Å². The fraction of sp³-hybridized carbons (Fsp3) is 0.464. The van der Waals surface area contributed by atoms with Crippen LogP contribution in [0.1, 0.15) is 23.2 Å². The van der Waals surface area contributed by atoms with Gasteiger partial charge in [-0.3, -0.25) is 9.69 Å². The average molecular weight is 558 g/mol. The highest BCUT2D eigenvalue weighted by Crippen LogP contribution is 2.42. The number of aromatic nitrogens is 2. The number of benzene rings is 2. The Morgan fingerprint density at radius 2 is 1.35 bits per heavy atom. The predicted octanol–water partition coefficient (Wildman–Crippen LogP) is 2.77. The van der Waals surface area contributed by atoms with E-state index in [1.807, 2.05) is 0 Å². The monoisotopic (exact) mass is 557 g/mol. The van der Waals surface area contributed by atoms with Crippen molar-refractivity contribution in [1.82, 2.24) is 14.7 Å². The molecule has 1 saturated heterocycles. The van der Waals surface area contributed by atoms with Gasteiger partial charge in [-0.2, -0.15) is 5.10 Å². The van der Waals surface area contributed by atoms with Crippen LogP contribution in [-0.4, -0.2) is 89.0 Å². The van der Waals surface area contributed by atoms with Gasteiger partial charge in [0.05, 0.1) is 71.7 Å². The minimum Gasteiger partial charge on any atom is -0.493 e. The molecule has 3 aromatic rings. The van der Waals surface area contributed by atoms with Gasteiger partial charge >= 0.3 is 5.97 Å². The third kappa shape index (κ3) is 5.71. The standard InChI is InChI=1S/C28H35N3O9/c1-34-21-11-17(12-22(35-2)25(21)38-5)28(33)40-18(15-30-9-7-8-10-30)16-31-27(32)19-13-23(36-3)26(39-6)24(37-4)20(19)14-29-31/h11-14,18H,7-10,15-16H2,1-6H3. The van der Waals surface area contributed by atoms with Crippen LogP contribution in [0.5, 0.6) is 34.5 Å². The number of rotatable bonds is 12. The summed E-state index contributed by atoms with van der Waals surface area (Å²) < 4.78 is 39.8. The molecule has 0 spiro atoms. The topological polar surface area (TPSA) is 120 Å². The van der Waals surface area contributed by atoms with E-state index in [2.05, 4.69) is 10.00 Å². The van der Waals surface area contributed by atoms with E-state index in [0.717, 1.165) is 25.9 Å². The molecule has 216 valence electrons. The Labute approximate surface area is 232 Å². The number of carbonyl (C=O) groups excluding carboxylic acids is 1. The molecule has 1 fully saturated rings. The van der Waals surface area contributed by atoms with Crippen molar-refractivity contribution in [2.45, 2.75) is 25.5 Å². The number of ether oxygens (including phenoxy) is 7. The number of methoxy groups -OCH3 is 6. The van der Waals surface area contributed by atoms with Crippen molar-refractivity contribution < 1.29 is 38.0 Å². The number of fused-ring (bicyclic) bond motifs is 1. The van der Waals surface area contributed by atoms with Gasteiger partial charge in [-0.15, -0.1) is 0 Å². The number of hydrogen-bond donors (Lipinski definition) is 0. The van der Waals surface area contributed by atoms with Gasteiger partial charge < -0.3 is 33.2 Å². The van der Waals surface area contributed by atoms with Crippen molar-refractivity contribution in [3.05, 3.63) is 40.3 Å². The molecular formula is C28H35N3O9. The molecule has 1 aliphatic heterocycles. The zero-order chi connectivity index (χ0) is 28.8. The second-order valence-corrected chi connectivity index (χ2v) is 9.19. The van der Waals surface area contributed by atoms with Crippen molar-refractivity contribution in [3.8, 4) is 34.5 Å². The highest BCUT2D eigenvalue weighted by atomic mass is 16.6. The smallest absolute Gasteiger partial charge is 0.338 e. The summed E-state index contributed by atoms with van der Waals surface area (Å²) in [5.41, 5.74) is -0.159. The van der Waals surface area contributed by atoms with E-state index in [-0.39, 0.29) is 17.7 Å². The van der Waals surface area contributed by atoms with E-state index in [9.17, 15) is 9.59 Å². The maximum absolute atomic E-state index is 13.6. The maximum atomic E-state index is 13.6. The molecule has 1 atom stereocenters. The lowest BCUT2D eigenvalue weighted by molar-refractivity contribution is 0.0161. The summed E-state index contributed by atoms with van der Waals surface area (Å²) in [6.45, 7) is 2.24. The lowest BCUT2D eigenvalue weighted by Gasteiger charge is -2.24. The predicted molar refractivity (Wildman–Crippen MR) is 147 cm³/mol. The average Bonchev–Trinajstić information content (AvgIpc) is 3.49. The zero-order valence-electron chi connectivity index (χ0n) is 23.6. The quantitative estimate of drug-likeness (QED) is 0.306. The summed E-state index contributed by atoms with van der Waals surface area (Å²) in [6.07, 6.45) is 2.98. The first kappa shape index (κ1) is 28.8. The minimum absolute atomic E-state index is 0.0398. The van der Waals surface area contributed by atoms with Crippen molar-refractivity contribution in [2.24, 2.45) is 0 Å². The van der Waals surface area contributed by atoms with E-state index >= 15 is 0 Å². The number of likely N-dealkylation sites (tertiary alicyclic amines) is 1. The highest BCUT2D eigenvalue weighted by molar-refractivity contribution is 5.92. The normalized spacial score (nSPS) is 14.1. The molecule has 1 unspecified atom stereocenters. The molecule has 0 aliphatic carbocycles. The lowest BCUT2D eigenvalue weighted by atomic mass is 10.1. The van der Waals surface area contributed by atoms with E-state index in [0.29, 0.717) is 51.8 Å². The van der Waals surface area contributed by atoms with Crippen LogP contribution in [0.4, 0.5) is 0 Å². The van der Waals surface area contributed by atoms with Crippen LogP contribution in [0.3, 0.4) is 0 Å². The minimum atomic E-state index is -0.672. The maximum Gasteiger partial charge on any atom is 0.338 e. The van der Waals surface area contributed by atoms with Crippen LogP contribution in [0.25, 0.3) is 10.8 Å². The molecule has 2 aromatic carbocycles. The number of hydrogen-bond acceptors (Lipinski definition) is 11. The van der Waals surface area contributed by atoms with E-state index in [1.165, 1.54) is 65.7 Å². The molecule has 2 heterocycles. The number of esters is 1. The van der Waals surface area contributed by atoms with Gasteiger partial charge in [0.2, 0.25) is 11.5 Å². The summed E-state index contributed by atoms with van der Waals surface area (Å²) in [5.74, 6) is 1.49. The largest absolute Gasteiger partial charge is 0.493 e. The summed E-state index contributed by atoms with van der Waals surface area (Å²) >= 11 is 0. The number of carbonyl (C=O) groups is 1. The second-order valence-electron chi connectivity index (χ2n) is 9.19. The van der Waals surface area contributed by atoms with Gasteiger partial charge in [0.15, 0.2) is 23.0 Å². The van der Waals surface area contributed by atoms with Crippen molar-refractivity contribution >= 4 is 16.7 Å². The third-order valence-corrected chi connectivity index (χ3v) is 6.87. The van der Waals surface area contributed by atoms with Crippen LogP contribution in [0, 0.1) is 0 Å². The Morgan fingerprint density at radius 3 is 1.90 bits per heavy atom. The Balaban J connectivity index is 1.69. The van der Waals surface area contributed by atoms with Crippen LogP contribution >= 0.6 is 0 Å². The molecule has 0 amide bonds. The summed E-state index contributed by atoms with van der Waals surface area (Å²) in [4.78, 5) is 29.1. The SMILES string of the molecule is COc1cc(C(=O)OC(CN2CCCC2)Cn2ncc3c(OC)c(OC)c(OC)cc3c2=O)cc(OC)c1OC. The first-order chi connectivity index (χ1) is 19.4. The molecule has 0 bridgehead atoms. The van der Waals surface area contributed by atoms with Gasteiger partial charge in [-0.25, -0.2) is 9.48 Å². The summed E-state index contributed by atoms with van der Waals surface area (Å²) in [7, 11) is 8.89. The first-order valence-electron chi connectivity index (χ1n) is 12.8. The molecule has 0 saturated carbocycles. The molecule has 4 rings (SSSR count). The Kier molecular flexibility index (Phi) is 9.20. The van der Waals surface area contributed by atoms with Crippen LogP contribution in [0.15, 0.2) is 29.2 Å². The first-order valence-corrected chi connectivity index (χ1v) is 12.8.